The Morgan fingerprint density at radius 1 is 1.04 bits per heavy atom. The second kappa shape index (κ2) is 8.07. The van der Waals surface area contributed by atoms with Crippen molar-refractivity contribution in [2.75, 3.05) is 13.2 Å². The molecule has 2 N–H and O–H groups in total. The number of hydrogen-bond donors (Lipinski definition) is 2. The molecule has 6 nitrogen and oxygen atoms in total. The monoisotopic (exact) mass is 315 g/mol. The summed E-state index contributed by atoms with van der Waals surface area (Å²) in [5.41, 5.74) is 1.87. The maximum absolute atomic E-state index is 10.6. The number of hydrogen-bond acceptors (Lipinski definition) is 5. The summed E-state index contributed by atoms with van der Waals surface area (Å²) in [5, 5.41) is 28.5. The summed E-state index contributed by atoms with van der Waals surface area (Å²) >= 11 is 0. The molecule has 0 saturated heterocycles. The number of nitrogens with zero attached hydrogens (tertiary/aromatic N) is 1. The molecule has 0 bridgehead atoms. The molecule has 1 unspecified atom stereocenters. The van der Waals surface area contributed by atoms with Crippen molar-refractivity contribution < 1.29 is 19.9 Å². The van der Waals surface area contributed by atoms with E-state index in [0.29, 0.717) is 5.75 Å². The first kappa shape index (κ1) is 16.7. The van der Waals surface area contributed by atoms with E-state index in [4.69, 9.17) is 9.84 Å². The van der Waals surface area contributed by atoms with Crippen molar-refractivity contribution in [3.05, 3.63) is 69.8 Å². The lowest BCUT2D eigenvalue weighted by atomic mass is 10.1. The van der Waals surface area contributed by atoms with Crippen LogP contribution in [-0.4, -0.2) is 34.5 Å². The summed E-state index contributed by atoms with van der Waals surface area (Å²) in [6.45, 7) is -0.301. The van der Waals surface area contributed by atoms with E-state index in [0.717, 1.165) is 11.1 Å². The molecule has 0 heterocycles. The molecule has 0 saturated carbocycles. The highest BCUT2D eigenvalue weighted by molar-refractivity contribution is 5.70. The van der Waals surface area contributed by atoms with Gasteiger partial charge in [-0.2, -0.15) is 0 Å². The normalized spacial score (nSPS) is 12.3. The summed E-state index contributed by atoms with van der Waals surface area (Å²) in [6, 6.07) is 13.5. The summed E-state index contributed by atoms with van der Waals surface area (Å²) in [6.07, 6.45) is 2.85. The minimum absolute atomic E-state index is 0.0362. The van der Waals surface area contributed by atoms with Crippen LogP contribution < -0.4 is 4.74 Å². The molecule has 6 heteroatoms. The molecular formula is C17H17NO5. The smallest absolute Gasteiger partial charge is 0.269 e. The molecule has 0 radical (unpaired) electrons. The Hall–Kier alpha value is -2.70. The second-order valence-electron chi connectivity index (χ2n) is 4.90. The standard InChI is InChI=1S/C17H17NO5/c19-11-16(20)12-23-17-9-5-14(6-10-17)2-1-13-3-7-15(8-4-13)18(21)22/h1-10,16,19-20H,11-12H2/b2-1+. The Balaban J connectivity index is 1.95. The first-order valence-corrected chi connectivity index (χ1v) is 7.03. The molecule has 0 aliphatic rings. The molecule has 0 fully saturated rings. The van der Waals surface area contributed by atoms with Crippen molar-refractivity contribution in [2.24, 2.45) is 0 Å². The molecule has 2 rings (SSSR count). The molecule has 2 aromatic carbocycles. The van der Waals surface area contributed by atoms with Crippen molar-refractivity contribution in [1.82, 2.24) is 0 Å². The van der Waals surface area contributed by atoms with E-state index in [1.165, 1.54) is 12.1 Å². The van der Waals surface area contributed by atoms with Gasteiger partial charge in [-0.1, -0.05) is 24.3 Å². The van der Waals surface area contributed by atoms with Gasteiger partial charge < -0.3 is 14.9 Å². The Bertz CT molecular complexity index is 664. The van der Waals surface area contributed by atoms with E-state index >= 15 is 0 Å². The van der Waals surface area contributed by atoms with E-state index < -0.39 is 11.0 Å². The summed E-state index contributed by atoms with van der Waals surface area (Å²) in [7, 11) is 0. The molecule has 0 spiro atoms. The topological polar surface area (TPSA) is 92.8 Å². The van der Waals surface area contributed by atoms with Gasteiger partial charge in [-0.15, -0.1) is 0 Å². The first-order chi connectivity index (χ1) is 11.1. The van der Waals surface area contributed by atoms with Gasteiger partial charge in [0.1, 0.15) is 18.5 Å². The van der Waals surface area contributed by atoms with Crippen LogP contribution in [0.5, 0.6) is 5.75 Å². The number of ether oxygens (including phenoxy) is 1. The van der Waals surface area contributed by atoms with Crippen LogP contribution in [-0.2, 0) is 0 Å². The van der Waals surface area contributed by atoms with Crippen LogP contribution in [0, 0.1) is 10.1 Å². The van der Waals surface area contributed by atoms with E-state index in [1.54, 1.807) is 24.3 Å². The van der Waals surface area contributed by atoms with Gasteiger partial charge in [0.05, 0.1) is 11.5 Å². The fourth-order valence-corrected chi connectivity index (χ4v) is 1.82. The zero-order chi connectivity index (χ0) is 16.7. The minimum Gasteiger partial charge on any atom is -0.491 e. The SMILES string of the molecule is O=[N+]([O-])c1ccc(/C=C/c2ccc(OCC(O)CO)cc2)cc1. The number of benzene rings is 2. The van der Waals surface area contributed by atoms with Gasteiger partial charge >= 0.3 is 0 Å². The molecule has 23 heavy (non-hydrogen) atoms. The van der Waals surface area contributed by atoms with Crippen molar-refractivity contribution in [3.63, 3.8) is 0 Å². The molecular weight excluding hydrogens is 298 g/mol. The second-order valence-corrected chi connectivity index (χ2v) is 4.90. The van der Waals surface area contributed by atoms with Gasteiger partial charge in [-0.05, 0) is 35.4 Å². The van der Waals surface area contributed by atoms with Crippen LogP contribution in [0.2, 0.25) is 0 Å². The number of nitro benzene ring substituents is 1. The Morgan fingerprint density at radius 3 is 2.04 bits per heavy atom. The van der Waals surface area contributed by atoms with Gasteiger partial charge in [0.25, 0.3) is 5.69 Å². The fraction of sp³-hybridized carbons (Fsp3) is 0.176. The quantitative estimate of drug-likeness (QED) is 0.465. The van der Waals surface area contributed by atoms with Crippen LogP contribution in [0.4, 0.5) is 5.69 Å². The number of nitro groups is 1. The van der Waals surface area contributed by atoms with E-state index in [-0.39, 0.29) is 18.9 Å². The third-order valence-corrected chi connectivity index (χ3v) is 3.11. The highest BCUT2D eigenvalue weighted by atomic mass is 16.6. The van der Waals surface area contributed by atoms with Gasteiger partial charge in [-0.25, -0.2) is 0 Å². The van der Waals surface area contributed by atoms with Crippen LogP contribution in [0.3, 0.4) is 0 Å². The largest absolute Gasteiger partial charge is 0.491 e. The lowest BCUT2D eigenvalue weighted by Crippen LogP contribution is -2.21. The fourth-order valence-electron chi connectivity index (χ4n) is 1.82. The predicted octanol–water partition coefficient (Wildman–Crippen LogP) is 2.50. The van der Waals surface area contributed by atoms with Gasteiger partial charge in [0, 0.05) is 12.1 Å². The van der Waals surface area contributed by atoms with Crippen LogP contribution >= 0.6 is 0 Å². The number of non-ortho nitro benzene ring substituents is 1. The van der Waals surface area contributed by atoms with Crippen molar-refractivity contribution >= 4 is 17.8 Å². The zero-order valence-electron chi connectivity index (χ0n) is 12.3. The first-order valence-electron chi connectivity index (χ1n) is 7.03. The number of aliphatic hydroxyl groups excluding tert-OH is 2. The lowest BCUT2D eigenvalue weighted by molar-refractivity contribution is -0.384. The zero-order valence-corrected chi connectivity index (χ0v) is 12.3. The van der Waals surface area contributed by atoms with E-state index in [2.05, 4.69) is 0 Å². The molecule has 0 amide bonds. The highest BCUT2D eigenvalue weighted by Crippen LogP contribution is 2.16. The predicted molar refractivity (Wildman–Crippen MR) is 87.1 cm³/mol. The molecule has 0 aliphatic carbocycles. The van der Waals surface area contributed by atoms with Crippen molar-refractivity contribution in [1.29, 1.82) is 0 Å². The van der Waals surface area contributed by atoms with Gasteiger partial charge in [0.15, 0.2) is 0 Å². The molecule has 120 valence electrons. The molecule has 2 aromatic rings. The highest BCUT2D eigenvalue weighted by Gasteiger charge is 2.03. The molecule has 0 aromatic heterocycles. The Morgan fingerprint density at radius 2 is 1.57 bits per heavy atom. The number of aliphatic hydroxyl groups is 2. The minimum atomic E-state index is -0.892. The third-order valence-electron chi connectivity index (χ3n) is 3.11. The summed E-state index contributed by atoms with van der Waals surface area (Å²) < 4.78 is 5.31. The van der Waals surface area contributed by atoms with E-state index in [1.807, 2.05) is 24.3 Å². The van der Waals surface area contributed by atoms with Gasteiger partial charge in [0.2, 0.25) is 0 Å². The third kappa shape index (κ3) is 5.21. The van der Waals surface area contributed by atoms with Gasteiger partial charge in [-0.3, -0.25) is 10.1 Å². The molecule has 0 aliphatic heterocycles. The average molecular weight is 315 g/mol. The average Bonchev–Trinajstić information content (AvgIpc) is 2.59. The number of rotatable bonds is 7. The van der Waals surface area contributed by atoms with Crippen LogP contribution in [0.25, 0.3) is 12.2 Å². The van der Waals surface area contributed by atoms with E-state index in [9.17, 15) is 15.2 Å². The maximum atomic E-state index is 10.6. The van der Waals surface area contributed by atoms with Crippen molar-refractivity contribution in [2.45, 2.75) is 6.10 Å². The Labute approximate surface area is 133 Å². The van der Waals surface area contributed by atoms with Crippen LogP contribution in [0.1, 0.15) is 11.1 Å². The Kier molecular flexibility index (Phi) is 5.85. The summed E-state index contributed by atoms with van der Waals surface area (Å²) in [4.78, 5) is 10.2. The van der Waals surface area contributed by atoms with Crippen LogP contribution in [0.15, 0.2) is 48.5 Å². The van der Waals surface area contributed by atoms with Crippen molar-refractivity contribution in [3.8, 4) is 5.75 Å². The maximum Gasteiger partial charge on any atom is 0.269 e. The lowest BCUT2D eigenvalue weighted by Gasteiger charge is -2.09. The molecule has 1 atom stereocenters. The summed E-state index contributed by atoms with van der Waals surface area (Å²) in [5.74, 6) is 0.602.